The largest absolute Gasteiger partial charge is 0.486 e. The molecule has 0 saturated carbocycles. The van der Waals surface area contributed by atoms with Crippen molar-refractivity contribution in [1.82, 2.24) is 4.98 Å². The highest BCUT2D eigenvalue weighted by Gasteiger charge is 2.26. The molecule has 0 spiro atoms. The van der Waals surface area contributed by atoms with E-state index in [1.54, 1.807) is 12.4 Å². The summed E-state index contributed by atoms with van der Waals surface area (Å²) in [4.78, 5) is 14.8. The van der Waals surface area contributed by atoms with E-state index in [2.05, 4.69) is 4.98 Å². The van der Waals surface area contributed by atoms with Crippen molar-refractivity contribution >= 4 is 6.09 Å². The highest BCUT2D eigenvalue weighted by Crippen LogP contribution is 2.38. The lowest BCUT2D eigenvalue weighted by molar-refractivity contribution is 0.0991. The number of para-hydroxylation sites is 1. The van der Waals surface area contributed by atoms with Crippen molar-refractivity contribution in [3.63, 3.8) is 0 Å². The van der Waals surface area contributed by atoms with Gasteiger partial charge >= 0.3 is 6.09 Å². The standard InChI is InChI=1S/C15H14N2O3/c16-15(18)19-9-12-7-10-3-1-5-13(14(10)20-12)11-4-2-6-17-8-11/h1-6,8,12H,7,9H2,(H2,16,18). The smallest absolute Gasteiger partial charge is 0.404 e. The zero-order valence-corrected chi connectivity index (χ0v) is 10.8. The number of aromatic nitrogens is 1. The molecule has 1 aromatic heterocycles. The lowest BCUT2D eigenvalue weighted by Crippen LogP contribution is -2.25. The normalized spacial score (nSPS) is 16.3. The molecule has 0 radical (unpaired) electrons. The van der Waals surface area contributed by atoms with Crippen LogP contribution < -0.4 is 10.5 Å². The van der Waals surface area contributed by atoms with Gasteiger partial charge in [0.1, 0.15) is 18.5 Å². The molecule has 5 heteroatoms. The summed E-state index contributed by atoms with van der Waals surface area (Å²) < 4.78 is 10.7. The fourth-order valence-corrected chi connectivity index (χ4v) is 2.36. The van der Waals surface area contributed by atoms with E-state index in [0.29, 0.717) is 6.42 Å². The Morgan fingerprint density at radius 3 is 3.05 bits per heavy atom. The number of pyridine rings is 1. The summed E-state index contributed by atoms with van der Waals surface area (Å²) >= 11 is 0. The zero-order valence-electron chi connectivity index (χ0n) is 10.8. The highest BCUT2D eigenvalue weighted by molar-refractivity contribution is 5.72. The monoisotopic (exact) mass is 270 g/mol. The van der Waals surface area contributed by atoms with Crippen LogP contribution >= 0.6 is 0 Å². The molecule has 0 fully saturated rings. The number of rotatable bonds is 3. The van der Waals surface area contributed by atoms with Gasteiger partial charge in [-0.3, -0.25) is 4.98 Å². The number of fused-ring (bicyclic) bond motifs is 1. The number of amides is 1. The third kappa shape index (κ3) is 2.42. The number of nitrogens with zero attached hydrogens (tertiary/aromatic N) is 1. The molecule has 3 rings (SSSR count). The Balaban J connectivity index is 1.85. The van der Waals surface area contributed by atoms with E-state index in [4.69, 9.17) is 15.2 Å². The van der Waals surface area contributed by atoms with E-state index in [1.807, 2.05) is 30.3 Å². The second kappa shape index (κ2) is 5.21. The van der Waals surface area contributed by atoms with Crippen LogP contribution in [-0.2, 0) is 11.2 Å². The highest BCUT2D eigenvalue weighted by atomic mass is 16.6. The Labute approximate surface area is 116 Å². The van der Waals surface area contributed by atoms with Gasteiger partial charge in [0.25, 0.3) is 0 Å². The maximum Gasteiger partial charge on any atom is 0.404 e. The molecule has 1 unspecified atom stereocenters. The number of primary amides is 1. The van der Waals surface area contributed by atoms with Crippen LogP contribution in [0, 0.1) is 0 Å². The minimum atomic E-state index is -0.781. The van der Waals surface area contributed by atoms with Gasteiger partial charge in [-0.1, -0.05) is 24.3 Å². The minimum Gasteiger partial charge on any atom is -0.486 e. The van der Waals surface area contributed by atoms with Crippen molar-refractivity contribution in [3.8, 4) is 16.9 Å². The molecule has 1 aromatic carbocycles. The summed E-state index contributed by atoms with van der Waals surface area (Å²) in [5.41, 5.74) is 8.07. The maximum atomic E-state index is 10.7. The van der Waals surface area contributed by atoms with Crippen LogP contribution in [0.2, 0.25) is 0 Å². The summed E-state index contributed by atoms with van der Waals surface area (Å²) in [6, 6.07) is 9.87. The van der Waals surface area contributed by atoms with Crippen LogP contribution in [-0.4, -0.2) is 23.8 Å². The van der Waals surface area contributed by atoms with E-state index < -0.39 is 6.09 Å². The van der Waals surface area contributed by atoms with Gasteiger partial charge in [-0.05, 0) is 11.6 Å². The lowest BCUT2D eigenvalue weighted by atomic mass is 10.0. The van der Waals surface area contributed by atoms with Crippen LogP contribution in [0.4, 0.5) is 4.79 Å². The number of ether oxygens (including phenoxy) is 2. The van der Waals surface area contributed by atoms with Gasteiger partial charge in [-0.2, -0.15) is 0 Å². The average Bonchev–Trinajstić information content (AvgIpc) is 2.89. The third-order valence-electron chi connectivity index (χ3n) is 3.21. The van der Waals surface area contributed by atoms with Gasteiger partial charge < -0.3 is 15.2 Å². The fourth-order valence-electron chi connectivity index (χ4n) is 2.36. The van der Waals surface area contributed by atoms with Crippen LogP contribution in [0.25, 0.3) is 11.1 Å². The lowest BCUT2D eigenvalue weighted by Gasteiger charge is -2.12. The van der Waals surface area contributed by atoms with Crippen molar-refractivity contribution in [2.45, 2.75) is 12.5 Å². The van der Waals surface area contributed by atoms with Crippen LogP contribution in [0.1, 0.15) is 5.56 Å². The van der Waals surface area contributed by atoms with Gasteiger partial charge in [0.05, 0.1) is 0 Å². The van der Waals surface area contributed by atoms with E-state index in [1.165, 1.54) is 0 Å². The number of nitrogens with two attached hydrogens (primary N) is 1. The van der Waals surface area contributed by atoms with E-state index in [9.17, 15) is 4.79 Å². The molecule has 0 saturated heterocycles. The number of hydrogen-bond donors (Lipinski definition) is 1. The molecule has 2 N–H and O–H groups in total. The average molecular weight is 270 g/mol. The minimum absolute atomic E-state index is 0.163. The molecule has 0 aliphatic carbocycles. The predicted molar refractivity (Wildman–Crippen MR) is 73.3 cm³/mol. The third-order valence-corrected chi connectivity index (χ3v) is 3.21. The van der Waals surface area contributed by atoms with E-state index in [0.717, 1.165) is 22.4 Å². The van der Waals surface area contributed by atoms with Crippen LogP contribution in [0.3, 0.4) is 0 Å². The number of hydrogen-bond acceptors (Lipinski definition) is 4. The quantitative estimate of drug-likeness (QED) is 0.927. The summed E-state index contributed by atoms with van der Waals surface area (Å²) in [6.07, 6.45) is 3.27. The molecule has 1 aliphatic rings. The molecule has 102 valence electrons. The van der Waals surface area contributed by atoms with Crippen molar-refractivity contribution < 1.29 is 14.3 Å². The first-order chi connectivity index (χ1) is 9.74. The Morgan fingerprint density at radius 1 is 1.40 bits per heavy atom. The van der Waals surface area contributed by atoms with E-state index >= 15 is 0 Å². The van der Waals surface area contributed by atoms with Crippen molar-refractivity contribution in [1.29, 1.82) is 0 Å². The van der Waals surface area contributed by atoms with Crippen LogP contribution in [0.5, 0.6) is 5.75 Å². The Hall–Kier alpha value is -2.56. The van der Waals surface area contributed by atoms with E-state index in [-0.39, 0.29) is 12.7 Å². The molecule has 0 bridgehead atoms. The second-order valence-corrected chi connectivity index (χ2v) is 4.61. The summed E-state index contributed by atoms with van der Waals surface area (Å²) in [7, 11) is 0. The first kappa shape index (κ1) is 12.5. The van der Waals surface area contributed by atoms with Crippen molar-refractivity contribution in [2.24, 2.45) is 5.73 Å². The SMILES string of the molecule is NC(=O)OCC1Cc2cccc(-c3cccnc3)c2O1. The Kier molecular flexibility index (Phi) is 3.25. The summed E-state index contributed by atoms with van der Waals surface area (Å²) in [5.74, 6) is 0.832. The van der Waals surface area contributed by atoms with Gasteiger partial charge in [0, 0.05) is 29.9 Å². The molecular weight excluding hydrogens is 256 g/mol. The number of carbonyl (C=O) groups excluding carboxylic acids is 1. The first-order valence-corrected chi connectivity index (χ1v) is 6.35. The molecule has 2 heterocycles. The first-order valence-electron chi connectivity index (χ1n) is 6.35. The van der Waals surface area contributed by atoms with Gasteiger partial charge in [-0.15, -0.1) is 0 Å². The van der Waals surface area contributed by atoms with Crippen LogP contribution in [0.15, 0.2) is 42.7 Å². The molecule has 5 nitrogen and oxygen atoms in total. The zero-order chi connectivity index (χ0) is 13.9. The Bertz CT molecular complexity index is 628. The summed E-state index contributed by atoms with van der Waals surface area (Å²) in [6.45, 7) is 0.163. The maximum absolute atomic E-state index is 10.7. The number of benzene rings is 1. The Morgan fingerprint density at radius 2 is 2.30 bits per heavy atom. The predicted octanol–water partition coefficient (Wildman–Crippen LogP) is 2.15. The molecule has 2 aromatic rings. The van der Waals surface area contributed by atoms with Gasteiger partial charge in [-0.25, -0.2) is 4.79 Å². The molecule has 1 aliphatic heterocycles. The summed E-state index contributed by atoms with van der Waals surface area (Å²) in [5, 5.41) is 0. The van der Waals surface area contributed by atoms with Gasteiger partial charge in [0.2, 0.25) is 0 Å². The molecule has 1 amide bonds. The van der Waals surface area contributed by atoms with Gasteiger partial charge in [0.15, 0.2) is 0 Å². The molecule has 20 heavy (non-hydrogen) atoms. The fraction of sp³-hybridized carbons (Fsp3) is 0.200. The second-order valence-electron chi connectivity index (χ2n) is 4.61. The topological polar surface area (TPSA) is 74.4 Å². The van der Waals surface area contributed by atoms with Crippen molar-refractivity contribution in [3.05, 3.63) is 48.3 Å². The molecular formula is C15H14N2O3. The number of carbonyl (C=O) groups is 1. The molecule has 1 atom stereocenters. The van der Waals surface area contributed by atoms with Crippen molar-refractivity contribution in [2.75, 3.05) is 6.61 Å².